The number of fused-ring (bicyclic) bond motifs is 2. The van der Waals surface area contributed by atoms with Crippen molar-refractivity contribution in [2.24, 2.45) is 16.8 Å². The van der Waals surface area contributed by atoms with Crippen molar-refractivity contribution < 1.29 is 37.3 Å². The Morgan fingerprint density at radius 1 is 1.19 bits per heavy atom. The Balaban J connectivity index is 1.35. The molecule has 0 aromatic heterocycles. The highest BCUT2D eigenvalue weighted by Crippen LogP contribution is 2.35. The third-order valence-corrected chi connectivity index (χ3v) is 10.5. The van der Waals surface area contributed by atoms with E-state index in [9.17, 15) is 23.1 Å². The maximum atomic E-state index is 14.2. The zero-order valence-corrected chi connectivity index (χ0v) is 28.0. The monoisotopic (exact) mass is 670 g/mol. The number of aliphatic hydroxyl groups excluding tert-OH is 1. The molecule has 3 heterocycles. The molecule has 6 unspecified atom stereocenters. The molecule has 3 aliphatic rings. The molecule has 3 aliphatic heterocycles. The Labute approximate surface area is 276 Å². The molecule has 5 rings (SSSR count). The largest absolute Gasteiger partial charge is 0.443 e. The van der Waals surface area contributed by atoms with Crippen LogP contribution in [0, 0.1) is 11.8 Å². The zero-order chi connectivity index (χ0) is 33.6. The van der Waals surface area contributed by atoms with Crippen LogP contribution < -0.4 is 10.6 Å². The maximum absolute atomic E-state index is 14.2. The second kappa shape index (κ2) is 15.7. The van der Waals surface area contributed by atoms with Gasteiger partial charge in [0.2, 0.25) is 15.9 Å². The number of amides is 2. The molecule has 0 saturated carbocycles. The summed E-state index contributed by atoms with van der Waals surface area (Å²) >= 11 is 0. The molecule has 2 fully saturated rings. The predicted octanol–water partition coefficient (Wildman–Crippen LogP) is 3.70. The molecule has 47 heavy (non-hydrogen) atoms. The zero-order valence-electron chi connectivity index (χ0n) is 27.2. The lowest BCUT2D eigenvalue weighted by Gasteiger charge is -2.31. The van der Waals surface area contributed by atoms with Crippen LogP contribution in [0.4, 0.5) is 10.5 Å². The van der Waals surface area contributed by atoms with Gasteiger partial charge in [-0.1, -0.05) is 57.5 Å². The summed E-state index contributed by atoms with van der Waals surface area (Å²) in [4.78, 5) is 30.2. The fourth-order valence-corrected chi connectivity index (χ4v) is 7.84. The molecule has 0 radical (unpaired) electrons. The molecule has 0 bridgehead atoms. The summed E-state index contributed by atoms with van der Waals surface area (Å²) in [5.41, 5.74) is 1.94. The number of benzene rings is 2. The highest BCUT2D eigenvalue weighted by atomic mass is 32.2. The predicted molar refractivity (Wildman–Crippen MR) is 177 cm³/mol. The van der Waals surface area contributed by atoms with Crippen molar-refractivity contribution in [2.45, 2.75) is 81.8 Å². The first-order valence-electron chi connectivity index (χ1n) is 16.4. The number of rotatable bonds is 15. The van der Waals surface area contributed by atoms with Gasteiger partial charge in [-0.2, -0.15) is 4.31 Å². The van der Waals surface area contributed by atoms with Crippen molar-refractivity contribution in [3.05, 3.63) is 59.7 Å². The van der Waals surface area contributed by atoms with Gasteiger partial charge in [-0.3, -0.25) is 9.79 Å². The first kappa shape index (κ1) is 35.0. The Morgan fingerprint density at radius 3 is 2.72 bits per heavy atom. The van der Waals surface area contributed by atoms with Gasteiger partial charge in [0.25, 0.3) is 0 Å². The third kappa shape index (κ3) is 8.57. The molecule has 2 aromatic carbocycles. The number of hydrogen-bond acceptors (Lipinski definition) is 9. The van der Waals surface area contributed by atoms with Gasteiger partial charge < -0.3 is 30.0 Å². The second-order valence-electron chi connectivity index (χ2n) is 12.8. The molecule has 0 aliphatic carbocycles. The molecule has 256 valence electrons. The van der Waals surface area contributed by atoms with Gasteiger partial charge in [-0.15, -0.1) is 0 Å². The molecule has 0 spiro atoms. The Hall–Kier alpha value is -3.36. The summed E-state index contributed by atoms with van der Waals surface area (Å²) in [5, 5.41) is 17.2. The van der Waals surface area contributed by atoms with Crippen LogP contribution in [-0.2, 0) is 35.4 Å². The highest BCUT2D eigenvalue weighted by molar-refractivity contribution is 7.89. The number of aliphatic imine (C=N–C) groups is 1. The fourth-order valence-electron chi connectivity index (χ4n) is 6.19. The number of unbranched alkanes of at least 4 members (excludes halogenated alkanes) is 1. The number of carbonyl (C=O) groups excluding carboxylic acids is 2. The lowest BCUT2D eigenvalue weighted by Crippen LogP contribution is -2.51. The number of nitrogens with one attached hydrogen (secondary N) is 2. The summed E-state index contributed by atoms with van der Waals surface area (Å²) in [7, 11) is -4.13. The van der Waals surface area contributed by atoms with E-state index in [1.807, 2.05) is 44.2 Å². The van der Waals surface area contributed by atoms with Crippen molar-refractivity contribution in [1.29, 1.82) is 0 Å². The Morgan fingerprint density at radius 2 is 1.98 bits per heavy atom. The molecular formula is C34H46N4O8S. The van der Waals surface area contributed by atoms with Crippen molar-refractivity contribution >= 4 is 33.9 Å². The summed E-state index contributed by atoms with van der Waals surface area (Å²) in [6.45, 7) is 7.04. The van der Waals surface area contributed by atoms with E-state index < -0.39 is 40.3 Å². The number of sulfonamides is 1. The average molecular weight is 671 g/mol. The van der Waals surface area contributed by atoms with Crippen LogP contribution in [0.5, 0.6) is 0 Å². The molecule has 12 nitrogen and oxygen atoms in total. The quantitative estimate of drug-likeness (QED) is 0.191. The van der Waals surface area contributed by atoms with Crippen molar-refractivity contribution in [3.63, 3.8) is 0 Å². The number of nitrogens with zero attached hydrogens (tertiary/aromatic N) is 2. The Bertz CT molecular complexity index is 1520. The topological polar surface area (TPSA) is 156 Å². The van der Waals surface area contributed by atoms with E-state index in [0.29, 0.717) is 24.4 Å². The lowest BCUT2D eigenvalue weighted by atomic mass is 10.0. The number of ether oxygens (including phenoxy) is 3. The van der Waals surface area contributed by atoms with Crippen LogP contribution in [0.3, 0.4) is 0 Å². The number of aliphatic hydroxyl groups is 1. The van der Waals surface area contributed by atoms with Gasteiger partial charge >= 0.3 is 6.09 Å². The summed E-state index contributed by atoms with van der Waals surface area (Å²) in [6.07, 6.45) is 1.55. The first-order chi connectivity index (χ1) is 22.6. The van der Waals surface area contributed by atoms with Crippen LogP contribution in [0.25, 0.3) is 0 Å². The van der Waals surface area contributed by atoms with Crippen molar-refractivity contribution in [3.8, 4) is 0 Å². The minimum absolute atomic E-state index is 0.00843. The van der Waals surface area contributed by atoms with Gasteiger partial charge in [-0.05, 0) is 54.5 Å². The normalized spacial score (nSPS) is 23.6. The SMILES string of the molecule is CCCCN=CC1C(=O)Nc2ccc(S(=O)(=O)N(CC(C)C)CC(O)C(Cc3ccccc3)NC(=O)OC3COC4OCCC34)cc21. The smallest absolute Gasteiger partial charge is 0.407 e. The molecule has 13 heteroatoms. The molecule has 3 N–H and O–H groups in total. The summed E-state index contributed by atoms with van der Waals surface area (Å²) < 4.78 is 46.4. The lowest BCUT2D eigenvalue weighted by molar-refractivity contribution is -0.115. The highest BCUT2D eigenvalue weighted by Gasteiger charge is 2.44. The number of carbonyl (C=O) groups is 2. The number of alkyl carbamates (subject to hydrolysis) is 1. The van der Waals surface area contributed by atoms with E-state index in [1.54, 1.807) is 12.3 Å². The summed E-state index contributed by atoms with van der Waals surface area (Å²) in [5.74, 6) is -1.07. The van der Waals surface area contributed by atoms with E-state index in [-0.39, 0.29) is 55.0 Å². The average Bonchev–Trinajstić information content (AvgIpc) is 3.74. The summed E-state index contributed by atoms with van der Waals surface area (Å²) in [6, 6.07) is 13.0. The molecule has 6 atom stereocenters. The van der Waals surface area contributed by atoms with Crippen LogP contribution in [0.1, 0.15) is 57.1 Å². The minimum atomic E-state index is -4.13. The van der Waals surface area contributed by atoms with Crippen molar-refractivity contribution in [1.82, 2.24) is 9.62 Å². The van der Waals surface area contributed by atoms with Gasteiger partial charge in [0, 0.05) is 31.5 Å². The standard InChI is InChI=1S/C34H46N4O8S/c1-4-5-14-35-18-27-26-17-24(11-12-28(26)36-32(27)40)47(42,43)38(19-22(2)3)20-30(39)29(16-23-9-7-6-8-10-23)37-34(41)46-31-21-45-33-25(31)13-15-44-33/h6-12,17-18,22,25,27,29-31,33,39H,4-5,13-16,19-21H2,1-3H3,(H,36,40)(H,37,41). The van der Waals surface area contributed by atoms with E-state index >= 15 is 0 Å². The Kier molecular flexibility index (Phi) is 11.7. The van der Waals surface area contributed by atoms with Gasteiger partial charge in [0.05, 0.1) is 36.2 Å². The van der Waals surface area contributed by atoms with E-state index in [1.165, 1.54) is 16.4 Å². The van der Waals surface area contributed by atoms with E-state index in [0.717, 1.165) is 24.8 Å². The van der Waals surface area contributed by atoms with Gasteiger partial charge in [-0.25, -0.2) is 13.2 Å². The fraction of sp³-hybridized carbons (Fsp3) is 0.559. The van der Waals surface area contributed by atoms with Gasteiger partial charge in [0.15, 0.2) is 6.29 Å². The van der Waals surface area contributed by atoms with Crippen LogP contribution in [0.2, 0.25) is 0 Å². The van der Waals surface area contributed by atoms with Crippen LogP contribution in [0.15, 0.2) is 58.4 Å². The van der Waals surface area contributed by atoms with Crippen LogP contribution >= 0.6 is 0 Å². The molecule has 2 amide bonds. The third-order valence-electron chi connectivity index (χ3n) is 8.70. The van der Waals surface area contributed by atoms with Crippen LogP contribution in [-0.4, -0.2) is 93.4 Å². The van der Waals surface area contributed by atoms with Gasteiger partial charge in [0.1, 0.15) is 12.0 Å². The first-order valence-corrected chi connectivity index (χ1v) is 17.9. The maximum Gasteiger partial charge on any atom is 0.407 e. The number of hydrogen-bond donors (Lipinski definition) is 3. The van der Waals surface area contributed by atoms with E-state index in [4.69, 9.17) is 14.2 Å². The molecular weight excluding hydrogens is 624 g/mol. The van der Waals surface area contributed by atoms with E-state index in [2.05, 4.69) is 22.5 Å². The molecule has 2 aromatic rings. The van der Waals surface area contributed by atoms with Crippen molar-refractivity contribution in [2.75, 3.05) is 38.2 Å². The number of anilines is 1. The minimum Gasteiger partial charge on any atom is -0.443 e. The second-order valence-corrected chi connectivity index (χ2v) is 14.8. The molecule has 2 saturated heterocycles.